The van der Waals surface area contributed by atoms with Crippen LogP contribution in [0.2, 0.25) is 0 Å². The summed E-state index contributed by atoms with van der Waals surface area (Å²) < 4.78 is 25.1. The van der Waals surface area contributed by atoms with E-state index in [1.54, 1.807) is 25.3 Å². The van der Waals surface area contributed by atoms with Crippen molar-refractivity contribution < 1.29 is 8.42 Å². The maximum absolute atomic E-state index is 11.8. The molecule has 0 saturated carbocycles. The van der Waals surface area contributed by atoms with Crippen molar-refractivity contribution in [3.8, 4) is 0 Å². The molecule has 1 aromatic heterocycles. The summed E-state index contributed by atoms with van der Waals surface area (Å²) in [6, 6.07) is 4.64. The van der Waals surface area contributed by atoms with Crippen LogP contribution in [0.25, 0.3) is 0 Å². The fraction of sp³-hybridized carbons (Fsp3) is 0.737. The van der Waals surface area contributed by atoms with E-state index in [9.17, 15) is 8.42 Å². The molecule has 2 rings (SSSR count). The maximum atomic E-state index is 11.8. The number of hydrogen-bond acceptors (Lipinski definition) is 5. The lowest BCUT2D eigenvalue weighted by Gasteiger charge is -2.25. The molecule has 0 aromatic carbocycles. The maximum Gasteiger partial charge on any atom is 0.213 e. The highest BCUT2D eigenvalue weighted by molar-refractivity contribution is 7.89. The van der Waals surface area contributed by atoms with E-state index in [-0.39, 0.29) is 5.75 Å². The molecule has 0 bridgehead atoms. The average Bonchev–Trinajstić information content (AvgIpc) is 3.39. The molecule has 0 aliphatic carbocycles. The number of rotatable bonds is 11. The highest BCUT2D eigenvalue weighted by Gasteiger charge is 2.24. The van der Waals surface area contributed by atoms with E-state index in [1.165, 1.54) is 22.0 Å². The third-order valence-corrected chi connectivity index (χ3v) is 7.84. The molecule has 1 unspecified atom stereocenters. The second-order valence-corrected chi connectivity index (χ2v) is 10.3. The van der Waals surface area contributed by atoms with E-state index in [0.29, 0.717) is 19.1 Å². The fourth-order valence-electron chi connectivity index (χ4n) is 3.31. The number of sulfonamides is 1. The predicted molar refractivity (Wildman–Crippen MR) is 119 cm³/mol. The zero-order valence-corrected chi connectivity index (χ0v) is 19.0. The largest absolute Gasteiger partial charge is 0.357 e. The first-order valence-electron chi connectivity index (χ1n) is 10.2. The highest BCUT2D eigenvalue weighted by atomic mass is 32.2. The molecule has 1 fully saturated rings. The van der Waals surface area contributed by atoms with Crippen molar-refractivity contribution in [1.82, 2.24) is 19.8 Å². The van der Waals surface area contributed by atoms with Crippen molar-refractivity contribution in [2.75, 3.05) is 52.1 Å². The monoisotopic (exact) mass is 429 g/mol. The van der Waals surface area contributed by atoms with Gasteiger partial charge in [-0.3, -0.25) is 9.89 Å². The topological polar surface area (TPSA) is 77.0 Å². The van der Waals surface area contributed by atoms with E-state index in [4.69, 9.17) is 4.99 Å². The summed E-state index contributed by atoms with van der Waals surface area (Å²) >= 11 is 1.80. The van der Waals surface area contributed by atoms with Gasteiger partial charge in [-0.2, -0.15) is 0 Å². The Morgan fingerprint density at radius 3 is 2.68 bits per heavy atom. The SMILES string of the molecule is CCNC(=NCC(c1cccs1)N1CCCC1)NCCCN(C)S(=O)(=O)CC. The third-order valence-electron chi connectivity index (χ3n) is 5.00. The quantitative estimate of drug-likeness (QED) is 0.320. The standard InChI is InChI=1S/C19H35N5O2S2/c1-4-20-19(21-11-9-12-23(3)28(25,26)5-2)22-16-17(18-10-8-15-27-18)24-13-6-7-14-24/h8,10,15,17H,4-7,9,11-14,16H2,1-3H3,(H2,20,21,22). The van der Waals surface area contributed by atoms with Gasteiger partial charge in [0.2, 0.25) is 10.0 Å². The van der Waals surface area contributed by atoms with Crippen molar-refractivity contribution in [3.63, 3.8) is 0 Å². The number of nitrogens with one attached hydrogen (secondary N) is 2. The number of likely N-dealkylation sites (tertiary alicyclic amines) is 1. The van der Waals surface area contributed by atoms with Crippen molar-refractivity contribution >= 4 is 27.3 Å². The molecular weight excluding hydrogens is 394 g/mol. The zero-order chi connectivity index (χ0) is 20.4. The van der Waals surface area contributed by atoms with Crippen molar-refractivity contribution in [2.24, 2.45) is 4.99 Å². The smallest absolute Gasteiger partial charge is 0.213 e. The summed E-state index contributed by atoms with van der Waals surface area (Å²) in [6.45, 7) is 8.71. The molecular formula is C19H35N5O2S2. The minimum atomic E-state index is -3.11. The zero-order valence-electron chi connectivity index (χ0n) is 17.4. The van der Waals surface area contributed by atoms with Crippen LogP contribution >= 0.6 is 11.3 Å². The van der Waals surface area contributed by atoms with E-state index >= 15 is 0 Å². The normalized spacial score (nSPS) is 17.2. The first-order valence-corrected chi connectivity index (χ1v) is 12.7. The van der Waals surface area contributed by atoms with Gasteiger partial charge in [0.05, 0.1) is 18.3 Å². The molecule has 1 aliphatic heterocycles. The second kappa shape index (κ2) is 11.7. The minimum absolute atomic E-state index is 0.141. The Kier molecular flexibility index (Phi) is 9.70. The molecule has 28 heavy (non-hydrogen) atoms. The van der Waals surface area contributed by atoms with Gasteiger partial charge in [0, 0.05) is 31.6 Å². The third kappa shape index (κ3) is 7.02. The van der Waals surface area contributed by atoms with Crippen LogP contribution in [0, 0.1) is 0 Å². The molecule has 2 heterocycles. The van der Waals surface area contributed by atoms with Crippen molar-refractivity contribution in [2.45, 2.75) is 39.2 Å². The van der Waals surface area contributed by atoms with Crippen molar-refractivity contribution in [1.29, 1.82) is 0 Å². The van der Waals surface area contributed by atoms with Crippen LogP contribution < -0.4 is 10.6 Å². The van der Waals surface area contributed by atoms with Gasteiger partial charge in [-0.1, -0.05) is 6.07 Å². The molecule has 9 heteroatoms. The summed E-state index contributed by atoms with van der Waals surface area (Å²) in [6.07, 6.45) is 3.26. The minimum Gasteiger partial charge on any atom is -0.357 e. The first-order chi connectivity index (χ1) is 13.5. The Balaban J connectivity index is 1.89. The molecule has 1 aromatic rings. The number of hydrogen-bond donors (Lipinski definition) is 2. The van der Waals surface area contributed by atoms with Crippen LogP contribution in [0.15, 0.2) is 22.5 Å². The summed E-state index contributed by atoms with van der Waals surface area (Å²) in [5.74, 6) is 0.936. The van der Waals surface area contributed by atoms with E-state index in [1.807, 2.05) is 0 Å². The van der Waals surface area contributed by atoms with Crippen LogP contribution in [-0.4, -0.2) is 75.7 Å². The summed E-state index contributed by atoms with van der Waals surface area (Å²) in [4.78, 5) is 8.72. The summed E-state index contributed by atoms with van der Waals surface area (Å²) in [7, 11) is -1.47. The predicted octanol–water partition coefficient (Wildman–Crippen LogP) is 2.11. The van der Waals surface area contributed by atoms with Gasteiger partial charge in [-0.05, 0) is 57.6 Å². The molecule has 7 nitrogen and oxygen atoms in total. The van der Waals surface area contributed by atoms with Crippen LogP contribution in [-0.2, 0) is 10.0 Å². The Labute approximate surface area is 174 Å². The van der Waals surface area contributed by atoms with Crippen LogP contribution in [0.5, 0.6) is 0 Å². The molecule has 0 radical (unpaired) electrons. The number of nitrogens with zero attached hydrogens (tertiary/aromatic N) is 3. The Hall–Kier alpha value is -1.16. The van der Waals surface area contributed by atoms with Gasteiger partial charge in [-0.25, -0.2) is 12.7 Å². The number of guanidine groups is 1. The fourth-order valence-corrected chi connectivity index (χ4v) is 5.01. The summed E-state index contributed by atoms with van der Waals surface area (Å²) in [5.41, 5.74) is 0. The van der Waals surface area contributed by atoms with E-state index in [0.717, 1.165) is 38.6 Å². The van der Waals surface area contributed by atoms with E-state index < -0.39 is 10.0 Å². The lowest BCUT2D eigenvalue weighted by Crippen LogP contribution is -2.40. The molecule has 2 N–H and O–H groups in total. The van der Waals surface area contributed by atoms with Gasteiger partial charge in [0.15, 0.2) is 5.96 Å². The molecule has 160 valence electrons. The molecule has 0 amide bonds. The Morgan fingerprint density at radius 2 is 2.07 bits per heavy atom. The van der Waals surface area contributed by atoms with Gasteiger partial charge >= 0.3 is 0 Å². The molecule has 1 saturated heterocycles. The van der Waals surface area contributed by atoms with Crippen LogP contribution in [0.3, 0.4) is 0 Å². The molecule has 0 spiro atoms. The van der Waals surface area contributed by atoms with Gasteiger partial charge in [0.1, 0.15) is 0 Å². The van der Waals surface area contributed by atoms with Crippen molar-refractivity contribution in [3.05, 3.63) is 22.4 Å². The number of aliphatic imine (C=N–C) groups is 1. The van der Waals surface area contributed by atoms with E-state index in [2.05, 4.69) is 40.0 Å². The van der Waals surface area contributed by atoms with Crippen LogP contribution in [0.4, 0.5) is 0 Å². The Morgan fingerprint density at radius 1 is 1.32 bits per heavy atom. The first kappa shape index (κ1) is 23.1. The van der Waals surface area contributed by atoms with Gasteiger partial charge in [-0.15, -0.1) is 11.3 Å². The Bertz CT molecular complexity index is 685. The lowest BCUT2D eigenvalue weighted by molar-refractivity contribution is 0.255. The highest BCUT2D eigenvalue weighted by Crippen LogP contribution is 2.28. The second-order valence-electron chi connectivity index (χ2n) is 7.00. The lowest BCUT2D eigenvalue weighted by atomic mass is 10.2. The molecule has 1 atom stereocenters. The van der Waals surface area contributed by atoms with Crippen LogP contribution in [0.1, 0.15) is 44.0 Å². The van der Waals surface area contributed by atoms with Gasteiger partial charge in [0.25, 0.3) is 0 Å². The number of thiophene rings is 1. The summed E-state index contributed by atoms with van der Waals surface area (Å²) in [5, 5.41) is 8.77. The molecule has 1 aliphatic rings. The van der Waals surface area contributed by atoms with Gasteiger partial charge < -0.3 is 10.6 Å². The average molecular weight is 430 g/mol.